The van der Waals surface area contributed by atoms with Crippen LogP contribution in [0.4, 0.5) is 11.4 Å². The molecule has 1 aromatic carbocycles. The third-order valence-corrected chi connectivity index (χ3v) is 5.51. The van der Waals surface area contributed by atoms with Crippen LogP contribution >= 0.6 is 11.8 Å². The van der Waals surface area contributed by atoms with E-state index in [9.17, 15) is 14.4 Å². The Bertz CT molecular complexity index is 923. The second-order valence-electron chi connectivity index (χ2n) is 5.96. The van der Waals surface area contributed by atoms with Crippen LogP contribution in [0.2, 0.25) is 0 Å². The molecule has 2 heterocycles. The molecule has 9 heteroatoms. The summed E-state index contributed by atoms with van der Waals surface area (Å²) in [6.07, 6.45) is 0. The van der Waals surface area contributed by atoms with Crippen molar-refractivity contribution in [3.05, 3.63) is 35.7 Å². The maximum absolute atomic E-state index is 13.0. The van der Waals surface area contributed by atoms with Crippen LogP contribution in [0, 0.1) is 6.92 Å². The summed E-state index contributed by atoms with van der Waals surface area (Å²) < 4.78 is 4.69. The number of methoxy groups -OCH3 is 1. The minimum absolute atomic E-state index is 0.114. The smallest absolute Gasteiger partial charge is 0.358 e. The van der Waals surface area contributed by atoms with E-state index in [1.807, 2.05) is 18.2 Å². The van der Waals surface area contributed by atoms with Crippen molar-refractivity contribution in [3.63, 3.8) is 0 Å². The number of para-hydroxylation sites is 1. The second-order valence-corrected chi connectivity index (χ2v) is 7.42. The Labute approximate surface area is 154 Å². The maximum atomic E-state index is 13.0. The summed E-state index contributed by atoms with van der Waals surface area (Å²) >= 11 is 1.16. The number of thioether (sulfide) groups is 1. The van der Waals surface area contributed by atoms with Crippen molar-refractivity contribution < 1.29 is 19.1 Å². The Hall–Kier alpha value is -2.81. The zero-order valence-electron chi connectivity index (χ0n) is 14.7. The van der Waals surface area contributed by atoms with Gasteiger partial charge >= 0.3 is 5.97 Å². The molecule has 2 amide bonds. The summed E-state index contributed by atoms with van der Waals surface area (Å²) in [6.45, 7) is 3.20. The zero-order chi connectivity index (χ0) is 19.1. The van der Waals surface area contributed by atoms with E-state index >= 15 is 0 Å². The van der Waals surface area contributed by atoms with Gasteiger partial charge in [0.2, 0.25) is 11.8 Å². The summed E-state index contributed by atoms with van der Waals surface area (Å²) in [5, 5.41) is 9.58. The molecule has 1 aliphatic heterocycles. The molecular weight excluding hydrogens is 356 g/mol. The molecule has 1 unspecified atom stereocenters. The number of carbonyl (C=O) groups is 3. The molecule has 0 fully saturated rings. The lowest BCUT2D eigenvalue weighted by Crippen LogP contribution is -2.49. The van der Waals surface area contributed by atoms with Crippen LogP contribution in [-0.4, -0.2) is 39.4 Å². The molecule has 0 aliphatic carbocycles. The topological polar surface area (TPSA) is 102 Å². The first-order valence-corrected chi connectivity index (χ1v) is 8.62. The SMILES string of the molecule is COC(=O)c1c(NC(=O)C2(C)Sc3ccccc3NC2=O)c(C)nn1C. The average Bonchev–Trinajstić information content (AvgIpc) is 2.88. The zero-order valence-corrected chi connectivity index (χ0v) is 15.6. The molecule has 0 saturated heterocycles. The van der Waals surface area contributed by atoms with Crippen molar-refractivity contribution in [1.82, 2.24) is 9.78 Å². The highest BCUT2D eigenvalue weighted by molar-refractivity contribution is 8.02. The number of aryl methyl sites for hydroxylation is 2. The average molecular weight is 374 g/mol. The summed E-state index contributed by atoms with van der Waals surface area (Å²) in [5.41, 5.74) is 1.47. The molecule has 3 rings (SSSR count). The molecule has 8 nitrogen and oxygen atoms in total. The highest BCUT2D eigenvalue weighted by Gasteiger charge is 2.46. The summed E-state index contributed by atoms with van der Waals surface area (Å²) in [4.78, 5) is 38.3. The molecule has 1 aliphatic rings. The van der Waals surface area contributed by atoms with Crippen molar-refractivity contribution in [2.45, 2.75) is 23.5 Å². The van der Waals surface area contributed by atoms with Gasteiger partial charge in [-0.3, -0.25) is 14.3 Å². The van der Waals surface area contributed by atoms with Crippen molar-refractivity contribution >= 4 is 40.9 Å². The number of nitrogens with zero attached hydrogens (tertiary/aromatic N) is 2. The number of anilines is 2. The van der Waals surface area contributed by atoms with Gasteiger partial charge in [0, 0.05) is 11.9 Å². The number of amides is 2. The molecular formula is C17H18N4O4S. The Morgan fingerprint density at radius 1 is 1.35 bits per heavy atom. The van der Waals surface area contributed by atoms with Gasteiger partial charge in [-0.05, 0) is 26.0 Å². The van der Waals surface area contributed by atoms with Crippen LogP contribution in [0.5, 0.6) is 0 Å². The van der Waals surface area contributed by atoms with E-state index < -0.39 is 22.5 Å². The predicted octanol–water partition coefficient (Wildman–Crippen LogP) is 1.96. The Morgan fingerprint density at radius 2 is 2.04 bits per heavy atom. The fourth-order valence-electron chi connectivity index (χ4n) is 2.69. The van der Waals surface area contributed by atoms with E-state index in [0.29, 0.717) is 11.4 Å². The third-order valence-electron chi connectivity index (χ3n) is 4.16. The van der Waals surface area contributed by atoms with Gasteiger partial charge < -0.3 is 15.4 Å². The summed E-state index contributed by atoms with van der Waals surface area (Å²) in [7, 11) is 2.83. The molecule has 1 atom stereocenters. The molecule has 26 heavy (non-hydrogen) atoms. The molecule has 2 N–H and O–H groups in total. The number of hydrogen-bond donors (Lipinski definition) is 2. The highest BCUT2D eigenvalue weighted by atomic mass is 32.2. The van der Waals surface area contributed by atoms with Gasteiger partial charge in [-0.15, -0.1) is 0 Å². The Morgan fingerprint density at radius 3 is 2.73 bits per heavy atom. The number of hydrogen-bond acceptors (Lipinski definition) is 6. The highest BCUT2D eigenvalue weighted by Crippen LogP contribution is 2.43. The van der Waals surface area contributed by atoms with Crippen LogP contribution in [0.15, 0.2) is 29.2 Å². The number of aromatic nitrogens is 2. The molecule has 0 spiro atoms. The first-order chi connectivity index (χ1) is 12.3. The number of ether oxygens (including phenoxy) is 1. The standard InChI is InChI=1S/C17H18N4O4S/c1-9-12(13(14(22)25-4)21(3)20-9)19-16(24)17(2)15(23)18-10-7-5-6-8-11(10)26-17/h5-8H,1-4H3,(H,18,23)(H,19,24). The normalized spacial score (nSPS) is 18.7. The lowest BCUT2D eigenvalue weighted by molar-refractivity contribution is -0.126. The van der Waals surface area contributed by atoms with Gasteiger partial charge in [-0.25, -0.2) is 4.79 Å². The van der Waals surface area contributed by atoms with E-state index in [2.05, 4.69) is 15.7 Å². The van der Waals surface area contributed by atoms with Crippen LogP contribution < -0.4 is 10.6 Å². The van der Waals surface area contributed by atoms with Crippen LogP contribution in [0.25, 0.3) is 0 Å². The molecule has 0 saturated carbocycles. The monoisotopic (exact) mass is 374 g/mol. The predicted molar refractivity (Wildman–Crippen MR) is 97.2 cm³/mol. The van der Waals surface area contributed by atoms with Crippen molar-refractivity contribution in [2.75, 3.05) is 17.7 Å². The number of nitrogens with one attached hydrogen (secondary N) is 2. The molecule has 0 radical (unpaired) electrons. The molecule has 0 bridgehead atoms. The fourth-order valence-corrected chi connectivity index (χ4v) is 3.79. The molecule has 136 valence electrons. The first kappa shape index (κ1) is 18.0. The minimum Gasteiger partial charge on any atom is -0.464 e. The minimum atomic E-state index is -1.40. The van der Waals surface area contributed by atoms with E-state index in [4.69, 9.17) is 4.74 Å². The van der Waals surface area contributed by atoms with E-state index in [-0.39, 0.29) is 11.4 Å². The largest absolute Gasteiger partial charge is 0.464 e. The third kappa shape index (κ3) is 2.84. The molecule has 1 aromatic heterocycles. The van der Waals surface area contributed by atoms with Crippen molar-refractivity contribution in [2.24, 2.45) is 7.05 Å². The maximum Gasteiger partial charge on any atom is 0.358 e. The summed E-state index contributed by atoms with van der Waals surface area (Å²) in [5.74, 6) is -1.60. The number of rotatable bonds is 3. The van der Waals surface area contributed by atoms with Gasteiger partial charge in [0.15, 0.2) is 10.4 Å². The molecule has 2 aromatic rings. The van der Waals surface area contributed by atoms with E-state index in [0.717, 1.165) is 16.7 Å². The fraction of sp³-hybridized carbons (Fsp3) is 0.294. The van der Waals surface area contributed by atoms with Gasteiger partial charge in [0.25, 0.3) is 0 Å². The van der Waals surface area contributed by atoms with E-state index in [1.54, 1.807) is 27.0 Å². The van der Waals surface area contributed by atoms with Crippen molar-refractivity contribution in [1.29, 1.82) is 0 Å². The lowest BCUT2D eigenvalue weighted by Gasteiger charge is -2.31. The quantitative estimate of drug-likeness (QED) is 0.629. The number of benzene rings is 1. The Balaban J connectivity index is 1.94. The van der Waals surface area contributed by atoms with Crippen LogP contribution in [0.3, 0.4) is 0 Å². The van der Waals surface area contributed by atoms with Gasteiger partial charge in [-0.1, -0.05) is 23.9 Å². The van der Waals surface area contributed by atoms with Crippen LogP contribution in [-0.2, 0) is 21.4 Å². The number of fused-ring (bicyclic) bond motifs is 1. The second kappa shape index (κ2) is 6.49. The summed E-state index contributed by atoms with van der Waals surface area (Å²) in [6, 6.07) is 7.25. The number of esters is 1. The van der Waals surface area contributed by atoms with Crippen molar-refractivity contribution in [3.8, 4) is 0 Å². The van der Waals surface area contributed by atoms with Gasteiger partial charge in [0.1, 0.15) is 0 Å². The lowest BCUT2D eigenvalue weighted by atomic mass is 10.1. The van der Waals surface area contributed by atoms with E-state index in [1.165, 1.54) is 11.8 Å². The first-order valence-electron chi connectivity index (χ1n) is 7.80. The van der Waals surface area contributed by atoms with Gasteiger partial charge in [0.05, 0.1) is 24.2 Å². The number of carbonyl (C=O) groups excluding carboxylic acids is 3. The van der Waals surface area contributed by atoms with Gasteiger partial charge in [-0.2, -0.15) is 5.10 Å². The Kier molecular flexibility index (Phi) is 4.49. The van der Waals surface area contributed by atoms with Crippen LogP contribution in [0.1, 0.15) is 23.1 Å².